The third kappa shape index (κ3) is 3.43. The topological polar surface area (TPSA) is 19.1 Å². The molecule has 0 spiro atoms. The standard InChI is InChI=1S/C24H30N3S/c1-2-3-8-18-15-20(27-13-6-7-14-27)17-23-24(18)25-21-10-9-19(16-22(21)28-23)26-11-4-5-12-26/h9-10,15-17H,2-8,11-14H2,1H3/q+1. The minimum Gasteiger partial charge on any atom is -0.371 e. The van der Waals surface area contributed by atoms with Gasteiger partial charge in [0.15, 0.2) is 0 Å². The van der Waals surface area contributed by atoms with E-state index in [0.717, 1.165) is 12.1 Å². The van der Waals surface area contributed by atoms with Crippen molar-refractivity contribution in [2.24, 2.45) is 0 Å². The SMILES string of the molecule is CCCCc1cc(N2CCCC2)cc2sc3cc(=[N+]4CCCC4)ccc-3nc12. The molecular weight excluding hydrogens is 362 g/mol. The first-order valence-corrected chi connectivity index (χ1v) is 11.8. The fourth-order valence-electron chi connectivity index (χ4n) is 4.66. The largest absolute Gasteiger partial charge is 0.371 e. The highest BCUT2D eigenvalue weighted by atomic mass is 32.1. The van der Waals surface area contributed by atoms with E-state index >= 15 is 0 Å². The van der Waals surface area contributed by atoms with Crippen LogP contribution in [0.25, 0.3) is 20.8 Å². The van der Waals surface area contributed by atoms with Gasteiger partial charge in [-0.1, -0.05) is 13.3 Å². The molecule has 28 heavy (non-hydrogen) atoms. The molecule has 1 aromatic rings. The molecule has 1 aliphatic carbocycles. The third-order valence-electron chi connectivity index (χ3n) is 6.28. The number of anilines is 1. The van der Waals surface area contributed by atoms with Crippen LogP contribution in [0, 0.1) is 0 Å². The zero-order valence-corrected chi connectivity index (χ0v) is 17.7. The second-order valence-electron chi connectivity index (χ2n) is 8.31. The Balaban J connectivity index is 1.68. The van der Waals surface area contributed by atoms with Crippen molar-refractivity contribution in [2.45, 2.75) is 51.9 Å². The molecule has 146 valence electrons. The van der Waals surface area contributed by atoms with E-state index in [4.69, 9.17) is 4.98 Å². The fourth-order valence-corrected chi connectivity index (χ4v) is 5.75. The summed E-state index contributed by atoms with van der Waals surface area (Å²) in [6.45, 7) is 7.06. The van der Waals surface area contributed by atoms with Crippen molar-refractivity contribution in [3.8, 4) is 10.6 Å². The summed E-state index contributed by atoms with van der Waals surface area (Å²) in [5.41, 5.74) is 5.21. The number of benzene rings is 2. The van der Waals surface area contributed by atoms with Crippen LogP contribution in [0.15, 0.2) is 30.3 Å². The van der Waals surface area contributed by atoms with Crippen LogP contribution in [0.5, 0.6) is 0 Å². The second kappa shape index (κ2) is 7.82. The van der Waals surface area contributed by atoms with Gasteiger partial charge in [0.1, 0.15) is 13.1 Å². The normalized spacial score (nSPS) is 17.3. The maximum Gasteiger partial charge on any atom is 0.201 e. The number of hydrogen-bond donors (Lipinski definition) is 0. The molecule has 3 aliphatic heterocycles. The molecule has 2 saturated heterocycles. The minimum absolute atomic E-state index is 1.13. The molecule has 0 bridgehead atoms. The summed E-state index contributed by atoms with van der Waals surface area (Å²) >= 11 is 1.93. The quantitative estimate of drug-likeness (QED) is 0.464. The van der Waals surface area contributed by atoms with E-state index in [1.807, 2.05) is 11.3 Å². The van der Waals surface area contributed by atoms with Crippen LogP contribution in [0.3, 0.4) is 0 Å². The van der Waals surface area contributed by atoms with Gasteiger partial charge in [-0.25, -0.2) is 9.56 Å². The van der Waals surface area contributed by atoms with Gasteiger partial charge in [0, 0.05) is 43.8 Å². The molecule has 5 rings (SSSR count). The molecule has 2 fully saturated rings. The predicted molar refractivity (Wildman–Crippen MR) is 121 cm³/mol. The molecule has 1 aromatic carbocycles. The van der Waals surface area contributed by atoms with E-state index in [-0.39, 0.29) is 0 Å². The van der Waals surface area contributed by atoms with Crippen LogP contribution in [0.2, 0.25) is 0 Å². The van der Waals surface area contributed by atoms with Gasteiger partial charge in [0.25, 0.3) is 0 Å². The molecule has 0 atom stereocenters. The van der Waals surface area contributed by atoms with Crippen LogP contribution in [0.4, 0.5) is 5.69 Å². The summed E-state index contributed by atoms with van der Waals surface area (Å²) < 4.78 is 3.87. The summed E-state index contributed by atoms with van der Waals surface area (Å²) in [4.78, 5) is 9.02. The molecule has 0 unspecified atom stereocenters. The molecule has 3 heterocycles. The van der Waals surface area contributed by atoms with Crippen LogP contribution < -0.4 is 14.8 Å². The van der Waals surface area contributed by atoms with Crippen LogP contribution in [0.1, 0.15) is 51.0 Å². The number of rotatable bonds is 4. The zero-order chi connectivity index (χ0) is 18.9. The van der Waals surface area contributed by atoms with Crippen molar-refractivity contribution < 1.29 is 0 Å². The Morgan fingerprint density at radius 3 is 2.64 bits per heavy atom. The molecule has 4 heteroatoms. The minimum atomic E-state index is 1.13. The molecule has 4 aliphatic rings. The Morgan fingerprint density at radius 1 is 1.04 bits per heavy atom. The van der Waals surface area contributed by atoms with E-state index in [1.165, 1.54) is 96.4 Å². The second-order valence-corrected chi connectivity index (χ2v) is 9.39. The van der Waals surface area contributed by atoms with Crippen molar-refractivity contribution in [2.75, 3.05) is 31.1 Å². The van der Waals surface area contributed by atoms with Gasteiger partial charge in [-0.05, 0) is 49.4 Å². The zero-order valence-electron chi connectivity index (χ0n) is 16.9. The summed E-state index contributed by atoms with van der Waals surface area (Å²) in [6, 6.07) is 11.7. The van der Waals surface area contributed by atoms with Crippen molar-refractivity contribution in [1.29, 1.82) is 0 Å². The summed E-state index contributed by atoms with van der Waals surface area (Å²) in [5.74, 6) is 0. The Kier molecular flexibility index (Phi) is 5.06. The molecule has 0 saturated carbocycles. The molecule has 3 nitrogen and oxygen atoms in total. The number of aromatic nitrogens is 1. The molecule has 0 amide bonds. The highest BCUT2D eigenvalue weighted by Gasteiger charge is 2.18. The Morgan fingerprint density at radius 2 is 1.86 bits per heavy atom. The van der Waals surface area contributed by atoms with Gasteiger partial charge in [-0.15, -0.1) is 11.3 Å². The molecule has 0 aromatic heterocycles. The van der Waals surface area contributed by atoms with E-state index in [2.05, 4.69) is 46.7 Å². The molecule has 0 radical (unpaired) electrons. The van der Waals surface area contributed by atoms with E-state index in [9.17, 15) is 0 Å². The van der Waals surface area contributed by atoms with Crippen LogP contribution in [-0.4, -0.2) is 31.2 Å². The van der Waals surface area contributed by atoms with E-state index < -0.39 is 0 Å². The Hall–Kier alpha value is -1.94. The first kappa shape index (κ1) is 18.1. The molecular formula is C24H30N3S+. The highest BCUT2D eigenvalue weighted by Crippen LogP contribution is 2.35. The fraction of sp³-hybridized carbons (Fsp3) is 0.500. The van der Waals surface area contributed by atoms with Crippen LogP contribution >= 0.6 is 11.3 Å². The Labute approximate surface area is 171 Å². The van der Waals surface area contributed by atoms with Crippen molar-refractivity contribution in [1.82, 2.24) is 9.56 Å². The van der Waals surface area contributed by atoms with Gasteiger partial charge >= 0.3 is 0 Å². The van der Waals surface area contributed by atoms with Crippen molar-refractivity contribution in [3.63, 3.8) is 0 Å². The molecule has 0 N–H and O–H groups in total. The maximum atomic E-state index is 5.14. The van der Waals surface area contributed by atoms with E-state index in [1.54, 1.807) is 0 Å². The first-order chi connectivity index (χ1) is 13.8. The predicted octanol–water partition coefficient (Wildman–Crippen LogP) is 4.91. The average Bonchev–Trinajstić information content (AvgIpc) is 3.44. The lowest BCUT2D eigenvalue weighted by atomic mass is 10.1. The summed E-state index contributed by atoms with van der Waals surface area (Å²) in [6.07, 6.45) is 8.87. The number of fused-ring (bicyclic) bond motifs is 2. The van der Waals surface area contributed by atoms with Gasteiger partial charge in [-0.3, -0.25) is 0 Å². The lowest BCUT2D eigenvalue weighted by molar-refractivity contribution is 0.694. The average molecular weight is 393 g/mol. The van der Waals surface area contributed by atoms with E-state index in [0.29, 0.717) is 0 Å². The number of hydrogen-bond acceptors (Lipinski definition) is 3. The number of aryl methyl sites for hydroxylation is 1. The van der Waals surface area contributed by atoms with Crippen LogP contribution in [-0.2, 0) is 6.42 Å². The van der Waals surface area contributed by atoms with Crippen molar-refractivity contribution in [3.05, 3.63) is 41.3 Å². The van der Waals surface area contributed by atoms with Gasteiger partial charge < -0.3 is 4.90 Å². The first-order valence-electron chi connectivity index (χ1n) is 11.0. The highest BCUT2D eigenvalue weighted by molar-refractivity contribution is 7.21. The Bertz CT molecular complexity index is 1020. The maximum absolute atomic E-state index is 5.14. The smallest absolute Gasteiger partial charge is 0.201 e. The van der Waals surface area contributed by atoms with Gasteiger partial charge in [0.05, 0.1) is 20.8 Å². The third-order valence-corrected chi connectivity index (χ3v) is 7.35. The van der Waals surface area contributed by atoms with Gasteiger partial charge in [-0.2, -0.15) is 0 Å². The van der Waals surface area contributed by atoms with Crippen molar-refractivity contribution >= 4 is 27.2 Å². The lowest BCUT2D eigenvalue weighted by Gasteiger charge is -2.20. The lowest BCUT2D eigenvalue weighted by Crippen LogP contribution is -2.26. The van der Waals surface area contributed by atoms with Gasteiger partial charge in [0.2, 0.25) is 5.36 Å². The number of unbranched alkanes of at least 4 members (excludes halogenated alkanes) is 1. The monoisotopic (exact) mass is 392 g/mol. The summed E-state index contributed by atoms with van der Waals surface area (Å²) in [5, 5.41) is 1.37. The summed E-state index contributed by atoms with van der Waals surface area (Å²) in [7, 11) is 0. The number of nitrogens with zero attached hydrogens (tertiary/aromatic N) is 3.